The molecule has 0 aliphatic carbocycles. The molecule has 0 saturated carbocycles. The Hall–Kier alpha value is -1.17. The summed E-state index contributed by atoms with van der Waals surface area (Å²) in [6.45, 7) is 9.20. The molecule has 1 aromatic rings. The summed E-state index contributed by atoms with van der Waals surface area (Å²) >= 11 is 0. The quantitative estimate of drug-likeness (QED) is 0.836. The van der Waals surface area contributed by atoms with E-state index < -0.39 is 0 Å². The van der Waals surface area contributed by atoms with Gasteiger partial charge in [-0.05, 0) is 25.1 Å². The number of benzene rings is 1. The molecule has 0 aromatic heterocycles. The van der Waals surface area contributed by atoms with Crippen LogP contribution < -0.4 is 10.2 Å². The summed E-state index contributed by atoms with van der Waals surface area (Å²) in [4.78, 5) is 4.34. The van der Waals surface area contributed by atoms with E-state index in [9.17, 15) is 4.39 Å². The highest BCUT2D eigenvalue weighted by molar-refractivity contribution is 5.56. The van der Waals surface area contributed by atoms with Gasteiger partial charge in [0.1, 0.15) is 5.82 Å². The Morgan fingerprint density at radius 2 is 2.00 bits per heavy atom. The minimum absolute atomic E-state index is 0.135. The van der Waals surface area contributed by atoms with Crippen LogP contribution in [0.1, 0.15) is 25.5 Å². The van der Waals surface area contributed by atoms with E-state index in [0.717, 1.165) is 44.0 Å². The van der Waals surface area contributed by atoms with E-state index in [1.54, 1.807) is 6.07 Å². The number of hydrogen-bond acceptors (Lipinski definition) is 4. The highest BCUT2D eigenvalue weighted by Crippen LogP contribution is 2.30. The minimum atomic E-state index is -0.145. The molecule has 4 nitrogen and oxygen atoms in total. The monoisotopic (exact) mass is 295 g/mol. The smallest absolute Gasteiger partial charge is 0.146 e. The molecular formula is C16H26FN3O. The van der Waals surface area contributed by atoms with Crippen molar-refractivity contribution in [2.45, 2.75) is 19.9 Å². The third-order valence-corrected chi connectivity index (χ3v) is 4.10. The second-order valence-electron chi connectivity index (χ2n) is 5.51. The lowest BCUT2D eigenvalue weighted by Gasteiger charge is -2.37. The molecule has 0 bridgehead atoms. The Bertz CT molecular complexity index is 447. The van der Waals surface area contributed by atoms with Crippen LogP contribution in [0.25, 0.3) is 0 Å². The van der Waals surface area contributed by atoms with Crippen molar-refractivity contribution < 1.29 is 9.50 Å². The van der Waals surface area contributed by atoms with Gasteiger partial charge in [-0.15, -0.1) is 0 Å². The molecule has 2 rings (SSSR count). The maximum Gasteiger partial charge on any atom is 0.146 e. The van der Waals surface area contributed by atoms with E-state index in [-0.39, 0.29) is 18.5 Å². The average molecular weight is 295 g/mol. The Morgan fingerprint density at radius 3 is 2.62 bits per heavy atom. The lowest BCUT2D eigenvalue weighted by Crippen LogP contribution is -2.48. The van der Waals surface area contributed by atoms with Crippen LogP contribution in [0.5, 0.6) is 0 Å². The molecule has 1 saturated heterocycles. The van der Waals surface area contributed by atoms with Gasteiger partial charge in [0.25, 0.3) is 0 Å². The molecule has 1 aliphatic rings. The Labute approximate surface area is 126 Å². The summed E-state index contributed by atoms with van der Waals surface area (Å²) in [6, 6.07) is 5.46. The van der Waals surface area contributed by atoms with Gasteiger partial charge in [-0.1, -0.05) is 19.1 Å². The molecule has 1 atom stereocenters. The lowest BCUT2D eigenvalue weighted by molar-refractivity contribution is 0.188. The predicted molar refractivity (Wildman–Crippen MR) is 84.2 cm³/mol. The molecule has 5 heteroatoms. The predicted octanol–water partition coefficient (Wildman–Crippen LogP) is 1.61. The molecule has 0 spiro atoms. The van der Waals surface area contributed by atoms with E-state index in [1.165, 1.54) is 6.07 Å². The van der Waals surface area contributed by atoms with Gasteiger partial charge in [0.15, 0.2) is 0 Å². The average Bonchev–Trinajstić information content (AvgIpc) is 2.48. The van der Waals surface area contributed by atoms with Gasteiger partial charge in [0.2, 0.25) is 0 Å². The molecule has 21 heavy (non-hydrogen) atoms. The number of rotatable bonds is 6. The van der Waals surface area contributed by atoms with Crippen LogP contribution in [0.3, 0.4) is 0 Å². The third-order valence-electron chi connectivity index (χ3n) is 4.10. The van der Waals surface area contributed by atoms with E-state index >= 15 is 0 Å². The van der Waals surface area contributed by atoms with Crippen LogP contribution in [-0.2, 0) is 0 Å². The molecule has 1 fully saturated rings. The third kappa shape index (κ3) is 3.93. The summed E-state index contributed by atoms with van der Waals surface area (Å²) in [6.07, 6.45) is 0. The van der Waals surface area contributed by atoms with Crippen molar-refractivity contribution >= 4 is 5.69 Å². The Balaban J connectivity index is 2.16. The summed E-state index contributed by atoms with van der Waals surface area (Å²) in [5, 5.41) is 12.4. The standard InChI is InChI=1S/C16H26FN3O/c1-3-18-13(2)14-5-4-6-15(17)16(14)20-9-7-19(8-10-20)11-12-21/h4-6,13,18,21H,3,7-12H2,1-2H3. The van der Waals surface area contributed by atoms with Gasteiger partial charge in [-0.3, -0.25) is 4.90 Å². The van der Waals surface area contributed by atoms with Crippen molar-refractivity contribution in [3.05, 3.63) is 29.6 Å². The number of nitrogens with zero attached hydrogens (tertiary/aromatic N) is 2. The first kappa shape index (κ1) is 16.2. The summed E-state index contributed by atoms with van der Waals surface area (Å²) in [5.41, 5.74) is 1.75. The summed E-state index contributed by atoms with van der Waals surface area (Å²) in [7, 11) is 0. The highest BCUT2D eigenvalue weighted by atomic mass is 19.1. The number of piperazine rings is 1. The van der Waals surface area contributed by atoms with Gasteiger partial charge in [0, 0.05) is 38.8 Å². The molecule has 1 aromatic carbocycles. The maximum absolute atomic E-state index is 14.4. The number of aliphatic hydroxyl groups excluding tert-OH is 1. The van der Waals surface area contributed by atoms with Crippen molar-refractivity contribution in [3.63, 3.8) is 0 Å². The molecule has 1 heterocycles. The van der Waals surface area contributed by atoms with Crippen molar-refractivity contribution in [3.8, 4) is 0 Å². The zero-order valence-electron chi connectivity index (χ0n) is 13.0. The lowest BCUT2D eigenvalue weighted by atomic mass is 10.0. The van der Waals surface area contributed by atoms with Gasteiger partial charge in [-0.25, -0.2) is 4.39 Å². The molecule has 2 N–H and O–H groups in total. The first-order chi connectivity index (χ1) is 10.2. The summed E-state index contributed by atoms with van der Waals surface area (Å²) < 4.78 is 14.4. The number of halogens is 1. The number of hydrogen-bond donors (Lipinski definition) is 2. The fourth-order valence-electron chi connectivity index (χ4n) is 2.97. The van der Waals surface area contributed by atoms with E-state index in [0.29, 0.717) is 6.54 Å². The van der Waals surface area contributed by atoms with Gasteiger partial charge in [0.05, 0.1) is 12.3 Å². The molecular weight excluding hydrogens is 269 g/mol. The van der Waals surface area contributed by atoms with Gasteiger partial charge >= 0.3 is 0 Å². The number of anilines is 1. The Morgan fingerprint density at radius 1 is 1.29 bits per heavy atom. The largest absolute Gasteiger partial charge is 0.395 e. The number of para-hydroxylation sites is 1. The highest BCUT2D eigenvalue weighted by Gasteiger charge is 2.23. The van der Waals surface area contributed by atoms with Crippen LogP contribution in [0, 0.1) is 5.82 Å². The summed E-state index contributed by atoms with van der Waals surface area (Å²) in [5.74, 6) is -0.145. The van der Waals surface area contributed by atoms with Crippen LogP contribution in [0.15, 0.2) is 18.2 Å². The number of aliphatic hydroxyl groups is 1. The van der Waals surface area contributed by atoms with E-state index in [4.69, 9.17) is 5.11 Å². The normalized spacial score (nSPS) is 18.0. The van der Waals surface area contributed by atoms with Crippen LogP contribution in [-0.4, -0.2) is 55.9 Å². The fourth-order valence-corrected chi connectivity index (χ4v) is 2.97. The van der Waals surface area contributed by atoms with Crippen LogP contribution >= 0.6 is 0 Å². The SMILES string of the molecule is CCNC(C)c1cccc(F)c1N1CCN(CCO)CC1. The zero-order valence-corrected chi connectivity index (χ0v) is 13.0. The second-order valence-corrected chi connectivity index (χ2v) is 5.51. The molecule has 0 radical (unpaired) electrons. The van der Waals surface area contributed by atoms with Crippen LogP contribution in [0.2, 0.25) is 0 Å². The topological polar surface area (TPSA) is 38.7 Å². The fraction of sp³-hybridized carbons (Fsp3) is 0.625. The Kier molecular flexibility index (Phi) is 5.96. The van der Waals surface area contributed by atoms with E-state index in [2.05, 4.69) is 29.0 Å². The first-order valence-electron chi connectivity index (χ1n) is 7.77. The first-order valence-corrected chi connectivity index (χ1v) is 7.77. The van der Waals surface area contributed by atoms with Crippen molar-refractivity contribution in [1.82, 2.24) is 10.2 Å². The maximum atomic E-state index is 14.4. The van der Waals surface area contributed by atoms with Crippen molar-refractivity contribution in [1.29, 1.82) is 0 Å². The van der Waals surface area contributed by atoms with Crippen molar-refractivity contribution in [2.75, 3.05) is 50.8 Å². The molecule has 0 amide bonds. The number of nitrogens with one attached hydrogen (secondary N) is 1. The molecule has 118 valence electrons. The van der Waals surface area contributed by atoms with E-state index in [1.807, 2.05) is 6.07 Å². The molecule has 1 unspecified atom stereocenters. The van der Waals surface area contributed by atoms with Gasteiger partial charge in [-0.2, -0.15) is 0 Å². The van der Waals surface area contributed by atoms with Crippen LogP contribution in [0.4, 0.5) is 10.1 Å². The minimum Gasteiger partial charge on any atom is -0.395 e. The van der Waals surface area contributed by atoms with Crippen molar-refractivity contribution in [2.24, 2.45) is 0 Å². The second kappa shape index (κ2) is 7.73. The van der Waals surface area contributed by atoms with Gasteiger partial charge < -0.3 is 15.3 Å². The molecule has 1 aliphatic heterocycles. The zero-order chi connectivity index (χ0) is 15.2. The number of β-amino-alcohol motifs (C(OH)–C–C–N with tert-alkyl or cyclic N) is 1.